The third-order valence-corrected chi connectivity index (χ3v) is 11.8. The number of hydrogen-bond acceptors (Lipinski definition) is 6. The summed E-state index contributed by atoms with van der Waals surface area (Å²) < 4.78 is 9.61. The molecule has 5 atom stereocenters. The molecule has 2 saturated heterocycles. The summed E-state index contributed by atoms with van der Waals surface area (Å²) in [5.74, 6) is -1.75. The zero-order valence-corrected chi connectivity index (χ0v) is 28.8. The average molecular weight is 589 g/mol. The molecule has 0 radical (unpaired) electrons. The van der Waals surface area contributed by atoms with Gasteiger partial charge in [-0.1, -0.05) is 114 Å². The molecule has 0 saturated carbocycles. The van der Waals surface area contributed by atoms with E-state index in [0.717, 1.165) is 18.4 Å². The molecule has 5 unspecified atom stereocenters. The van der Waals surface area contributed by atoms with Crippen LogP contribution < -0.4 is 0 Å². The molecule has 0 amide bonds. The molecule has 0 aromatic rings. The first-order valence-electron chi connectivity index (χ1n) is 16.4. The van der Waals surface area contributed by atoms with Crippen molar-refractivity contribution in [3.05, 3.63) is 11.6 Å². The quantitative estimate of drug-likeness (QED) is 0.102. The predicted octanol–water partition coefficient (Wildman–Crippen LogP) is 8.86. The fourth-order valence-corrected chi connectivity index (χ4v) is 7.64. The van der Waals surface area contributed by atoms with Gasteiger partial charge in [-0.15, -0.1) is 0 Å². The number of rotatable bonds is 16. The van der Waals surface area contributed by atoms with Crippen molar-refractivity contribution in [3.8, 4) is 0 Å². The average Bonchev–Trinajstić information content (AvgIpc) is 3.36. The fraction of sp³-hybridized carbons (Fsp3) is 0.833. The molecular weight excluding hydrogens is 528 g/mol. The number of esters is 4. The molecule has 0 bridgehead atoms. The summed E-state index contributed by atoms with van der Waals surface area (Å²) >= 11 is 0. The molecule has 0 aromatic heterocycles. The van der Waals surface area contributed by atoms with E-state index in [1.165, 1.54) is 19.3 Å². The van der Waals surface area contributed by atoms with Crippen LogP contribution in [-0.2, 0) is 28.7 Å². The smallest absolute Gasteiger partial charge is 0.321 e. The third kappa shape index (κ3) is 8.56. The van der Waals surface area contributed by atoms with Crippen LogP contribution in [0.3, 0.4) is 0 Å². The second-order valence-electron chi connectivity index (χ2n) is 16.1. The van der Waals surface area contributed by atoms with Crippen molar-refractivity contribution >= 4 is 23.9 Å². The zero-order valence-electron chi connectivity index (χ0n) is 28.8. The normalized spacial score (nSPS) is 23.2. The number of unbranched alkanes of at least 4 members (excludes halogenated alkanes) is 1. The van der Waals surface area contributed by atoms with Crippen LogP contribution in [-0.4, -0.2) is 23.9 Å². The van der Waals surface area contributed by atoms with Crippen LogP contribution in [0.2, 0.25) is 0 Å². The molecule has 240 valence electrons. The van der Waals surface area contributed by atoms with Crippen molar-refractivity contribution in [1.29, 1.82) is 0 Å². The Labute approximate surface area is 256 Å². The van der Waals surface area contributed by atoms with Gasteiger partial charge in [0.15, 0.2) is 0 Å². The second-order valence-corrected chi connectivity index (χ2v) is 16.1. The summed E-state index contributed by atoms with van der Waals surface area (Å²) in [4.78, 5) is 48.2. The Kier molecular flexibility index (Phi) is 11.9. The van der Waals surface area contributed by atoms with Gasteiger partial charge in [0.05, 0.1) is 24.7 Å². The van der Waals surface area contributed by atoms with Crippen LogP contribution in [0.5, 0.6) is 0 Å². The minimum atomic E-state index is -0.646. The van der Waals surface area contributed by atoms with Gasteiger partial charge < -0.3 is 9.47 Å². The van der Waals surface area contributed by atoms with Gasteiger partial charge in [0, 0.05) is 0 Å². The summed E-state index contributed by atoms with van der Waals surface area (Å²) in [7, 11) is 0. The topological polar surface area (TPSA) is 86.7 Å². The number of hydrogen-bond donors (Lipinski definition) is 0. The van der Waals surface area contributed by atoms with Crippen LogP contribution >= 0.6 is 0 Å². The van der Waals surface area contributed by atoms with Crippen LogP contribution in [0, 0.1) is 51.2 Å². The number of carbonyl (C=O) groups excluding carboxylic acids is 4. The molecule has 2 fully saturated rings. The summed E-state index contributed by atoms with van der Waals surface area (Å²) in [5, 5.41) is 0. The molecule has 2 heterocycles. The first kappa shape index (κ1) is 36.2. The van der Waals surface area contributed by atoms with Gasteiger partial charge in [0.1, 0.15) is 0 Å². The van der Waals surface area contributed by atoms with E-state index in [1.54, 1.807) is 0 Å². The maximum Gasteiger partial charge on any atom is 0.321 e. The largest absolute Gasteiger partial charge is 0.393 e. The minimum Gasteiger partial charge on any atom is -0.393 e. The SMILES string of the molecule is CCCCC(C)(C)C(C)C(C)C(C)(C)C(C)(C)C(CC)CC(C)(C)C/C(=C/C1CC(=O)OC1=O)CC1CC(=O)OC1=O. The van der Waals surface area contributed by atoms with Gasteiger partial charge in [-0.25, -0.2) is 0 Å². The number of carbonyl (C=O) groups is 4. The van der Waals surface area contributed by atoms with Crippen molar-refractivity contribution in [2.75, 3.05) is 0 Å². The first-order chi connectivity index (χ1) is 19.2. The summed E-state index contributed by atoms with van der Waals surface area (Å²) in [5.41, 5.74) is 1.16. The van der Waals surface area contributed by atoms with Crippen molar-refractivity contribution < 1.29 is 28.7 Å². The molecule has 0 aromatic carbocycles. The Morgan fingerprint density at radius 2 is 1.40 bits per heavy atom. The molecule has 6 nitrogen and oxygen atoms in total. The van der Waals surface area contributed by atoms with Gasteiger partial charge in [-0.3, -0.25) is 19.2 Å². The molecular formula is C36H60O6. The number of cyclic esters (lactones) is 4. The van der Waals surface area contributed by atoms with Crippen molar-refractivity contribution in [3.63, 3.8) is 0 Å². The van der Waals surface area contributed by atoms with E-state index in [-0.39, 0.29) is 34.5 Å². The maximum atomic E-state index is 12.3. The Balaban J connectivity index is 2.31. The third-order valence-electron chi connectivity index (χ3n) is 11.8. The van der Waals surface area contributed by atoms with E-state index >= 15 is 0 Å². The minimum absolute atomic E-state index is 0.0142. The highest BCUT2D eigenvalue weighted by Gasteiger charge is 2.49. The highest BCUT2D eigenvalue weighted by atomic mass is 16.6. The van der Waals surface area contributed by atoms with E-state index in [9.17, 15) is 19.2 Å². The lowest BCUT2D eigenvalue weighted by molar-refractivity contribution is -0.154. The van der Waals surface area contributed by atoms with E-state index in [4.69, 9.17) is 9.47 Å². The van der Waals surface area contributed by atoms with Gasteiger partial charge >= 0.3 is 23.9 Å². The zero-order chi connectivity index (χ0) is 32.3. The van der Waals surface area contributed by atoms with Crippen molar-refractivity contribution in [2.45, 2.75) is 141 Å². The highest BCUT2D eigenvalue weighted by Crippen LogP contribution is 2.57. The van der Waals surface area contributed by atoms with Crippen LogP contribution in [0.1, 0.15) is 141 Å². The molecule has 2 rings (SSSR count). The standard InChI is InChI=1S/C36H60O6/c1-13-15-16-34(7,8)23(3)24(4)35(9,10)36(11,12)28(14-2)22-33(5,6)21-25(17-26-19-29(37)41-31(26)39)18-27-20-30(38)42-32(27)40/h17,23-24,26-28H,13-16,18-22H2,1-12H3/b25-17+. The summed E-state index contributed by atoms with van der Waals surface area (Å²) in [6.07, 6.45) is 8.63. The van der Waals surface area contributed by atoms with Crippen LogP contribution in [0.25, 0.3) is 0 Å². The summed E-state index contributed by atoms with van der Waals surface area (Å²) in [6.45, 7) is 28.6. The lowest BCUT2D eigenvalue weighted by atomic mass is 9.50. The second kappa shape index (κ2) is 13.8. The molecule has 2 aliphatic heterocycles. The van der Waals surface area contributed by atoms with Crippen molar-refractivity contribution in [2.24, 2.45) is 51.2 Å². The molecule has 6 heteroatoms. The van der Waals surface area contributed by atoms with Crippen molar-refractivity contribution in [1.82, 2.24) is 0 Å². The van der Waals surface area contributed by atoms with Gasteiger partial charge in [-0.05, 0) is 65.1 Å². The molecule has 0 N–H and O–H groups in total. The van der Waals surface area contributed by atoms with Crippen LogP contribution in [0.15, 0.2) is 11.6 Å². The lowest BCUT2D eigenvalue weighted by Crippen LogP contribution is -2.48. The van der Waals surface area contributed by atoms with Gasteiger partial charge in [0.25, 0.3) is 0 Å². The molecule has 42 heavy (non-hydrogen) atoms. The maximum absolute atomic E-state index is 12.3. The Morgan fingerprint density at radius 3 is 1.88 bits per heavy atom. The van der Waals surface area contributed by atoms with E-state index in [1.807, 2.05) is 6.08 Å². The van der Waals surface area contributed by atoms with E-state index in [0.29, 0.717) is 30.6 Å². The van der Waals surface area contributed by atoms with Gasteiger partial charge in [0.2, 0.25) is 0 Å². The highest BCUT2D eigenvalue weighted by molar-refractivity contribution is 5.96. The Morgan fingerprint density at radius 1 is 0.833 bits per heavy atom. The molecule has 0 aliphatic carbocycles. The lowest BCUT2D eigenvalue weighted by Gasteiger charge is -2.55. The Bertz CT molecular complexity index is 1030. The van der Waals surface area contributed by atoms with E-state index < -0.39 is 35.7 Å². The fourth-order valence-electron chi connectivity index (χ4n) is 7.64. The van der Waals surface area contributed by atoms with E-state index in [2.05, 4.69) is 83.1 Å². The van der Waals surface area contributed by atoms with Gasteiger partial charge in [-0.2, -0.15) is 0 Å². The predicted molar refractivity (Wildman–Crippen MR) is 167 cm³/mol. The van der Waals surface area contributed by atoms with Crippen LogP contribution in [0.4, 0.5) is 0 Å². The summed E-state index contributed by atoms with van der Waals surface area (Å²) in [6, 6.07) is 0. The number of allylic oxidation sites excluding steroid dienone is 1. The molecule has 0 spiro atoms. The Hall–Kier alpha value is -1.98. The number of ether oxygens (including phenoxy) is 2. The first-order valence-corrected chi connectivity index (χ1v) is 16.4. The monoisotopic (exact) mass is 588 g/mol. The molecule has 2 aliphatic rings.